The summed E-state index contributed by atoms with van der Waals surface area (Å²) in [6.07, 6.45) is 2.79. The van der Waals surface area contributed by atoms with Gasteiger partial charge in [0.05, 0.1) is 0 Å². The molecule has 5 nitrogen and oxygen atoms in total. The maximum atomic E-state index is 11.1. The highest BCUT2D eigenvalue weighted by Gasteiger charge is 2.13. The van der Waals surface area contributed by atoms with Gasteiger partial charge in [0.1, 0.15) is 18.1 Å². The number of nitrogens with zero attached hydrogens (tertiary/aromatic N) is 3. The standard InChI is InChI=1S/C16H21N3O2/c1-4-5-9-19-15(14(10-20)17-18-19)11-21-16-8-6-7-12(2)13(16)3/h6-8,10H,4-5,9,11H2,1-3H3. The summed E-state index contributed by atoms with van der Waals surface area (Å²) in [4.78, 5) is 11.1. The largest absolute Gasteiger partial charge is 0.487 e. The molecule has 0 unspecified atom stereocenters. The minimum atomic E-state index is 0.301. The summed E-state index contributed by atoms with van der Waals surface area (Å²) < 4.78 is 7.63. The monoisotopic (exact) mass is 287 g/mol. The van der Waals surface area contributed by atoms with Crippen LogP contribution >= 0.6 is 0 Å². The van der Waals surface area contributed by atoms with E-state index in [9.17, 15) is 4.79 Å². The molecule has 2 aromatic rings. The second kappa shape index (κ2) is 7.02. The molecule has 0 radical (unpaired) electrons. The Bertz CT molecular complexity index is 620. The van der Waals surface area contributed by atoms with E-state index >= 15 is 0 Å². The first kappa shape index (κ1) is 15.2. The number of hydrogen-bond donors (Lipinski definition) is 0. The second-order valence-electron chi connectivity index (χ2n) is 5.10. The zero-order valence-corrected chi connectivity index (χ0v) is 12.8. The Labute approximate surface area is 124 Å². The van der Waals surface area contributed by atoms with E-state index in [0.717, 1.165) is 42.7 Å². The van der Waals surface area contributed by atoms with Crippen molar-refractivity contribution >= 4 is 6.29 Å². The number of carbonyl (C=O) groups is 1. The Hall–Kier alpha value is -2.17. The first-order valence-corrected chi connectivity index (χ1v) is 7.24. The molecule has 0 atom stereocenters. The molecule has 0 saturated heterocycles. The van der Waals surface area contributed by atoms with Crippen LogP contribution in [0, 0.1) is 13.8 Å². The number of aryl methyl sites for hydroxylation is 2. The van der Waals surface area contributed by atoms with Gasteiger partial charge in [0.25, 0.3) is 0 Å². The van der Waals surface area contributed by atoms with E-state index in [4.69, 9.17) is 4.74 Å². The van der Waals surface area contributed by atoms with Crippen LogP contribution in [0.15, 0.2) is 18.2 Å². The first-order valence-electron chi connectivity index (χ1n) is 7.24. The van der Waals surface area contributed by atoms with Crippen molar-refractivity contribution in [3.63, 3.8) is 0 Å². The van der Waals surface area contributed by atoms with Crippen molar-refractivity contribution in [1.29, 1.82) is 0 Å². The van der Waals surface area contributed by atoms with Crippen LogP contribution in [-0.4, -0.2) is 21.3 Å². The molecule has 1 aromatic heterocycles. The van der Waals surface area contributed by atoms with Crippen LogP contribution in [0.4, 0.5) is 0 Å². The third kappa shape index (κ3) is 3.48. The quantitative estimate of drug-likeness (QED) is 0.734. The van der Waals surface area contributed by atoms with Crippen LogP contribution in [0.1, 0.15) is 47.1 Å². The normalized spacial score (nSPS) is 10.6. The molecule has 0 aliphatic carbocycles. The van der Waals surface area contributed by atoms with Crippen LogP contribution in [0.3, 0.4) is 0 Å². The average Bonchev–Trinajstić information content (AvgIpc) is 2.88. The molecule has 21 heavy (non-hydrogen) atoms. The Morgan fingerprint density at radius 3 is 2.86 bits per heavy atom. The highest BCUT2D eigenvalue weighted by molar-refractivity contribution is 5.73. The lowest BCUT2D eigenvalue weighted by Gasteiger charge is -2.12. The van der Waals surface area contributed by atoms with Crippen molar-refractivity contribution < 1.29 is 9.53 Å². The highest BCUT2D eigenvalue weighted by Crippen LogP contribution is 2.22. The maximum Gasteiger partial charge on any atom is 0.172 e. The van der Waals surface area contributed by atoms with Gasteiger partial charge in [0, 0.05) is 6.54 Å². The molecule has 0 bridgehead atoms. The summed E-state index contributed by atoms with van der Waals surface area (Å²) in [7, 11) is 0. The fraction of sp³-hybridized carbons (Fsp3) is 0.438. The molecule has 2 rings (SSSR count). The van der Waals surface area contributed by atoms with Crippen LogP contribution in [0.5, 0.6) is 5.75 Å². The molecule has 0 amide bonds. The van der Waals surface area contributed by atoms with Crippen molar-refractivity contribution in [3.8, 4) is 5.75 Å². The lowest BCUT2D eigenvalue weighted by atomic mass is 10.1. The van der Waals surface area contributed by atoms with Crippen molar-refractivity contribution in [1.82, 2.24) is 15.0 Å². The Morgan fingerprint density at radius 1 is 1.33 bits per heavy atom. The van der Waals surface area contributed by atoms with Gasteiger partial charge in [-0.25, -0.2) is 4.68 Å². The summed E-state index contributed by atoms with van der Waals surface area (Å²) in [5.74, 6) is 0.829. The SMILES string of the molecule is CCCCn1nnc(C=O)c1COc1cccc(C)c1C. The van der Waals surface area contributed by atoms with E-state index in [-0.39, 0.29) is 0 Å². The number of rotatable bonds is 7. The lowest BCUT2D eigenvalue weighted by molar-refractivity contribution is 0.111. The fourth-order valence-corrected chi connectivity index (χ4v) is 2.10. The van der Waals surface area contributed by atoms with Gasteiger partial charge >= 0.3 is 0 Å². The van der Waals surface area contributed by atoms with Crippen molar-refractivity contribution in [2.24, 2.45) is 0 Å². The van der Waals surface area contributed by atoms with Gasteiger partial charge in [-0.3, -0.25) is 4.79 Å². The predicted molar refractivity (Wildman–Crippen MR) is 80.6 cm³/mol. The summed E-state index contributed by atoms with van der Waals surface area (Å²) in [6.45, 7) is 7.24. The third-order valence-corrected chi connectivity index (χ3v) is 3.62. The van der Waals surface area contributed by atoms with E-state index in [2.05, 4.69) is 17.2 Å². The average molecular weight is 287 g/mol. The third-order valence-electron chi connectivity index (χ3n) is 3.62. The molecule has 1 heterocycles. The van der Waals surface area contributed by atoms with Crippen LogP contribution in [-0.2, 0) is 13.2 Å². The molecule has 0 aliphatic heterocycles. The maximum absolute atomic E-state index is 11.1. The number of aldehydes is 1. The van der Waals surface area contributed by atoms with Gasteiger partial charge in [0.15, 0.2) is 12.0 Å². The molecular formula is C16H21N3O2. The van der Waals surface area contributed by atoms with E-state index in [1.54, 1.807) is 4.68 Å². The fourth-order valence-electron chi connectivity index (χ4n) is 2.10. The van der Waals surface area contributed by atoms with Crippen molar-refractivity contribution in [2.45, 2.75) is 46.8 Å². The van der Waals surface area contributed by atoms with E-state index in [1.165, 1.54) is 5.56 Å². The minimum absolute atomic E-state index is 0.301. The number of ether oxygens (including phenoxy) is 1. The van der Waals surface area contributed by atoms with E-state index in [0.29, 0.717) is 12.3 Å². The first-order chi connectivity index (χ1) is 10.2. The molecule has 112 valence electrons. The number of hydrogen-bond acceptors (Lipinski definition) is 4. The van der Waals surface area contributed by atoms with E-state index < -0.39 is 0 Å². The lowest BCUT2D eigenvalue weighted by Crippen LogP contribution is -2.10. The van der Waals surface area contributed by atoms with Crippen molar-refractivity contribution in [2.75, 3.05) is 0 Å². The zero-order valence-electron chi connectivity index (χ0n) is 12.8. The Balaban J connectivity index is 2.16. The van der Waals surface area contributed by atoms with E-state index in [1.807, 2.05) is 32.0 Å². The minimum Gasteiger partial charge on any atom is -0.487 e. The van der Waals surface area contributed by atoms with Gasteiger partial charge < -0.3 is 4.74 Å². The smallest absolute Gasteiger partial charge is 0.172 e. The molecule has 5 heteroatoms. The van der Waals surface area contributed by atoms with Gasteiger partial charge in [0.2, 0.25) is 0 Å². The number of unbranched alkanes of at least 4 members (excludes halogenated alkanes) is 1. The van der Waals surface area contributed by atoms with Crippen molar-refractivity contribution in [3.05, 3.63) is 40.7 Å². The molecule has 0 aliphatic rings. The Kier molecular flexibility index (Phi) is 5.09. The van der Waals surface area contributed by atoms with Gasteiger partial charge in [-0.1, -0.05) is 30.7 Å². The number of aromatic nitrogens is 3. The van der Waals surface area contributed by atoms with Crippen LogP contribution in [0.2, 0.25) is 0 Å². The molecule has 0 fully saturated rings. The van der Waals surface area contributed by atoms with Gasteiger partial charge in [-0.15, -0.1) is 5.10 Å². The van der Waals surface area contributed by atoms with Gasteiger partial charge in [-0.2, -0.15) is 0 Å². The predicted octanol–water partition coefficient (Wildman–Crippen LogP) is 3.09. The number of carbonyl (C=O) groups excluding carboxylic acids is 1. The Morgan fingerprint density at radius 2 is 2.14 bits per heavy atom. The highest BCUT2D eigenvalue weighted by atomic mass is 16.5. The number of benzene rings is 1. The summed E-state index contributed by atoms with van der Waals surface area (Å²) in [6, 6.07) is 5.94. The molecule has 0 N–H and O–H groups in total. The van der Waals surface area contributed by atoms with Crippen LogP contribution < -0.4 is 4.74 Å². The summed E-state index contributed by atoms with van der Waals surface area (Å²) in [5.41, 5.74) is 3.38. The molecular weight excluding hydrogens is 266 g/mol. The zero-order chi connectivity index (χ0) is 15.2. The summed E-state index contributed by atoms with van der Waals surface area (Å²) in [5, 5.41) is 7.94. The molecule has 0 spiro atoms. The molecule has 0 saturated carbocycles. The van der Waals surface area contributed by atoms with Crippen LogP contribution in [0.25, 0.3) is 0 Å². The van der Waals surface area contributed by atoms with Gasteiger partial charge in [-0.05, 0) is 37.5 Å². The topological polar surface area (TPSA) is 57.0 Å². The summed E-state index contributed by atoms with van der Waals surface area (Å²) >= 11 is 0. The molecule has 1 aromatic carbocycles. The second-order valence-corrected chi connectivity index (χ2v) is 5.10.